The lowest BCUT2D eigenvalue weighted by Crippen LogP contribution is -2.15. The zero-order valence-electron chi connectivity index (χ0n) is 16.4. The van der Waals surface area contributed by atoms with E-state index in [4.69, 9.17) is 21.1 Å². The maximum Gasteiger partial charge on any atom is 0.269 e. The Kier molecular flexibility index (Phi) is 9.04. The number of benzene rings is 2. The van der Waals surface area contributed by atoms with Gasteiger partial charge in [-0.15, -0.1) is 0 Å². The number of rotatable bonds is 12. The van der Waals surface area contributed by atoms with Crippen LogP contribution in [0.5, 0.6) is 11.5 Å². The Labute approximate surface area is 171 Å². The highest BCUT2D eigenvalue weighted by molar-refractivity contribution is 6.31. The standard InChI is InChI=1S/C21H27ClN2O4/c1-3-4-5-6-11-23-14-17-12-20(27-2)21(13-19(17)22)28-15-16-7-9-18(10-8-16)24(25)26/h7-10,12-13,23H,3-6,11,14-15H2,1-2H3. The molecule has 0 aliphatic rings. The Morgan fingerprint density at radius 2 is 1.86 bits per heavy atom. The van der Waals surface area contributed by atoms with Crippen LogP contribution in [0.15, 0.2) is 36.4 Å². The summed E-state index contributed by atoms with van der Waals surface area (Å²) in [4.78, 5) is 10.3. The first-order valence-corrected chi connectivity index (χ1v) is 9.86. The first kappa shape index (κ1) is 22.0. The van der Waals surface area contributed by atoms with Crippen LogP contribution in [0, 0.1) is 10.1 Å². The van der Waals surface area contributed by atoms with Crippen LogP contribution in [0.4, 0.5) is 5.69 Å². The molecule has 2 aromatic carbocycles. The number of unbranched alkanes of at least 4 members (excludes halogenated alkanes) is 3. The summed E-state index contributed by atoms with van der Waals surface area (Å²) in [5.74, 6) is 1.15. The Hall–Kier alpha value is -2.31. The van der Waals surface area contributed by atoms with E-state index in [2.05, 4.69) is 12.2 Å². The summed E-state index contributed by atoms with van der Waals surface area (Å²) in [5, 5.41) is 14.7. The van der Waals surface area contributed by atoms with Gasteiger partial charge in [-0.1, -0.05) is 37.8 Å². The summed E-state index contributed by atoms with van der Waals surface area (Å²) < 4.78 is 11.3. The molecule has 0 fully saturated rings. The minimum atomic E-state index is -0.427. The molecule has 0 saturated heterocycles. The number of nitro groups is 1. The quantitative estimate of drug-likeness (QED) is 0.286. The highest BCUT2D eigenvalue weighted by Crippen LogP contribution is 2.34. The molecular weight excluding hydrogens is 380 g/mol. The van der Waals surface area contributed by atoms with E-state index in [0.29, 0.717) is 23.1 Å². The molecule has 0 amide bonds. The average Bonchev–Trinajstić information content (AvgIpc) is 2.70. The van der Waals surface area contributed by atoms with Crippen LogP contribution in [-0.2, 0) is 13.2 Å². The van der Waals surface area contributed by atoms with E-state index in [-0.39, 0.29) is 12.3 Å². The lowest BCUT2D eigenvalue weighted by atomic mass is 10.1. The van der Waals surface area contributed by atoms with E-state index >= 15 is 0 Å². The lowest BCUT2D eigenvalue weighted by molar-refractivity contribution is -0.384. The normalized spacial score (nSPS) is 10.7. The maximum absolute atomic E-state index is 10.7. The Bertz CT molecular complexity index is 766. The van der Waals surface area contributed by atoms with Gasteiger partial charge in [0.15, 0.2) is 11.5 Å². The molecule has 0 heterocycles. The molecule has 1 N–H and O–H groups in total. The topological polar surface area (TPSA) is 73.6 Å². The monoisotopic (exact) mass is 406 g/mol. The van der Waals surface area contributed by atoms with E-state index in [1.54, 1.807) is 25.3 Å². The summed E-state index contributed by atoms with van der Waals surface area (Å²) in [7, 11) is 1.59. The van der Waals surface area contributed by atoms with Gasteiger partial charge in [0.05, 0.1) is 12.0 Å². The highest BCUT2D eigenvalue weighted by atomic mass is 35.5. The molecule has 0 spiro atoms. The largest absolute Gasteiger partial charge is 0.493 e. The Morgan fingerprint density at radius 1 is 1.11 bits per heavy atom. The summed E-state index contributed by atoms with van der Waals surface area (Å²) in [6.07, 6.45) is 4.87. The molecule has 0 saturated carbocycles. The number of ether oxygens (including phenoxy) is 2. The van der Waals surface area contributed by atoms with Gasteiger partial charge in [0.25, 0.3) is 5.69 Å². The number of hydrogen-bond acceptors (Lipinski definition) is 5. The van der Waals surface area contributed by atoms with Crippen LogP contribution in [0.25, 0.3) is 0 Å². The molecule has 6 nitrogen and oxygen atoms in total. The van der Waals surface area contributed by atoms with E-state index in [1.807, 2.05) is 6.07 Å². The van der Waals surface area contributed by atoms with Crippen molar-refractivity contribution in [1.82, 2.24) is 5.32 Å². The number of hydrogen-bond donors (Lipinski definition) is 1. The number of halogens is 1. The fourth-order valence-corrected chi connectivity index (χ4v) is 2.98. The molecule has 0 atom stereocenters. The Morgan fingerprint density at radius 3 is 2.50 bits per heavy atom. The van der Waals surface area contributed by atoms with Gasteiger partial charge in [0.1, 0.15) is 6.61 Å². The van der Waals surface area contributed by atoms with E-state index in [0.717, 1.165) is 24.1 Å². The predicted molar refractivity (Wildman–Crippen MR) is 111 cm³/mol. The lowest BCUT2D eigenvalue weighted by Gasteiger charge is -2.14. The Balaban J connectivity index is 1.95. The van der Waals surface area contributed by atoms with Gasteiger partial charge < -0.3 is 14.8 Å². The predicted octanol–water partition coefficient (Wildman–Crippen LogP) is 5.51. The third-order valence-electron chi connectivity index (χ3n) is 4.40. The first-order valence-electron chi connectivity index (χ1n) is 9.48. The van der Waals surface area contributed by atoms with Crippen LogP contribution in [0.1, 0.15) is 43.7 Å². The molecule has 152 valence electrons. The van der Waals surface area contributed by atoms with Crippen LogP contribution >= 0.6 is 11.6 Å². The van der Waals surface area contributed by atoms with E-state index in [9.17, 15) is 10.1 Å². The van der Waals surface area contributed by atoms with Gasteiger partial charge >= 0.3 is 0 Å². The molecule has 0 unspecified atom stereocenters. The second-order valence-corrected chi connectivity index (χ2v) is 6.95. The number of nitrogens with one attached hydrogen (secondary N) is 1. The zero-order valence-corrected chi connectivity index (χ0v) is 17.1. The number of nitro benzene ring substituents is 1. The van der Waals surface area contributed by atoms with Crippen molar-refractivity contribution < 1.29 is 14.4 Å². The summed E-state index contributed by atoms with van der Waals surface area (Å²) in [5.41, 5.74) is 1.83. The fraction of sp³-hybridized carbons (Fsp3) is 0.429. The number of non-ortho nitro benzene ring substituents is 1. The smallest absolute Gasteiger partial charge is 0.269 e. The van der Waals surface area contributed by atoms with Crippen LogP contribution in [0.3, 0.4) is 0 Å². The SMILES string of the molecule is CCCCCCNCc1cc(OC)c(OCc2ccc([N+](=O)[O-])cc2)cc1Cl. The number of nitrogens with zero attached hydrogens (tertiary/aromatic N) is 1. The second-order valence-electron chi connectivity index (χ2n) is 6.54. The summed E-state index contributed by atoms with van der Waals surface area (Å²) in [6, 6.07) is 9.88. The van der Waals surface area contributed by atoms with Gasteiger partial charge in [-0.05, 0) is 42.3 Å². The summed E-state index contributed by atoms with van der Waals surface area (Å²) in [6.45, 7) is 4.09. The van der Waals surface area contributed by atoms with Gasteiger partial charge in [0, 0.05) is 29.8 Å². The maximum atomic E-state index is 10.7. The van der Waals surface area contributed by atoms with Crippen molar-refractivity contribution in [3.63, 3.8) is 0 Å². The molecular formula is C21H27ClN2O4. The fourth-order valence-electron chi connectivity index (χ4n) is 2.76. The van der Waals surface area contributed by atoms with Gasteiger partial charge in [-0.25, -0.2) is 0 Å². The van der Waals surface area contributed by atoms with Crippen molar-refractivity contribution in [3.8, 4) is 11.5 Å². The molecule has 0 aliphatic carbocycles. The molecule has 2 rings (SSSR count). The first-order chi connectivity index (χ1) is 13.5. The summed E-state index contributed by atoms with van der Waals surface area (Å²) >= 11 is 6.41. The average molecular weight is 407 g/mol. The van der Waals surface area contributed by atoms with E-state index in [1.165, 1.54) is 31.4 Å². The third-order valence-corrected chi connectivity index (χ3v) is 4.75. The van der Waals surface area contributed by atoms with Crippen molar-refractivity contribution in [2.45, 2.75) is 45.8 Å². The van der Waals surface area contributed by atoms with Crippen molar-refractivity contribution in [1.29, 1.82) is 0 Å². The zero-order chi connectivity index (χ0) is 20.4. The molecule has 0 aromatic heterocycles. The molecule has 28 heavy (non-hydrogen) atoms. The molecule has 7 heteroatoms. The van der Waals surface area contributed by atoms with Crippen molar-refractivity contribution in [2.75, 3.05) is 13.7 Å². The van der Waals surface area contributed by atoms with Crippen LogP contribution in [-0.4, -0.2) is 18.6 Å². The minimum absolute atomic E-state index is 0.0518. The molecule has 0 aliphatic heterocycles. The van der Waals surface area contributed by atoms with Crippen molar-refractivity contribution in [2.24, 2.45) is 0 Å². The van der Waals surface area contributed by atoms with Crippen LogP contribution < -0.4 is 14.8 Å². The highest BCUT2D eigenvalue weighted by Gasteiger charge is 2.11. The van der Waals surface area contributed by atoms with Gasteiger partial charge in [-0.3, -0.25) is 10.1 Å². The second kappa shape index (κ2) is 11.5. The third kappa shape index (κ3) is 6.69. The minimum Gasteiger partial charge on any atom is -0.493 e. The molecule has 2 aromatic rings. The molecule has 0 bridgehead atoms. The molecule has 0 radical (unpaired) electrons. The number of methoxy groups -OCH3 is 1. The van der Waals surface area contributed by atoms with Gasteiger partial charge in [-0.2, -0.15) is 0 Å². The van der Waals surface area contributed by atoms with Gasteiger partial charge in [0.2, 0.25) is 0 Å². The van der Waals surface area contributed by atoms with Crippen molar-refractivity contribution in [3.05, 3.63) is 62.7 Å². The van der Waals surface area contributed by atoms with E-state index < -0.39 is 4.92 Å². The van der Waals surface area contributed by atoms with Crippen molar-refractivity contribution >= 4 is 17.3 Å². The van der Waals surface area contributed by atoms with Crippen LogP contribution in [0.2, 0.25) is 5.02 Å².